The third-order valence-electron chi connectivity index (χ3n) is 2.34. The summed E-state index contributed by atoms with van der Waals surface area (Å²) in [6.45, 7) is 4.59. The highest BCUT2D eigenvalue weighted by molar-refractivity contribution is 9.10. The predicted molar refractivity (Wildman–Crippen MR) is 68.8 cm³/mol. The topological polar surface area (TPSA) is 55.6 Å². The van der Waals surface area contributed by atoms with Gasteiger partial charge in [0.1, 0.15) is 5.82 Å². The summed E-state index contributed by atoms with van der Waals surface area (Å²) in [5, 5.41) is 14.7. The molecule has 0 aliphatic rings. The number of hydrogen-bond acceptors (Lipinski definition) is 4. The summed E-state index contributed by atoms with van der Waals surface area (Å²) in [5.74, 6) is 0.307. The van der Waals surface area contributed by atoms with Gasteiger partial charge in [-0.2, -0.15) is 4.68 Å². The van der Waals surface area contributed by atoms with Crippen LogP contribution >= 0.6 is 15.9 Å². The lowest BCUT2D eigenvalue weighted by atomic mass is 10.3. The summed E-state index contributed by atoms with van der Waals surface area (Å²) >= 11 is 3.36. The van der Waals surface area contributed by atoms with E-state index in [1.54, 1.807) is 6.07 Å². The molecule has 0 saturated heterocycles. The van der Waals surface area contributed by atoms with E-state index in [9.17, 15) is 4.39 Å². The molecule has 1 heterocycles. The van der Waals surface area contributed by atoms with E-state index in [2.05, 4.69) is 36.8 Å². The van der Waals surface area contributed by atoms with Crippen LogP contribution in [0.3, 0.4) is 0 Å². The minimum atomic E-state index is -0.327. The zero-order valence-electron chi connectivity index (χ0n) is 10.1. The van der Waals surface area contributed by atoms with Gasteiger partial charge in [-0.15, -0.1) is 5.10 Å². The summed E-state index contributed by atoms with van der Waals surface area (Å²) in [5.41, 5.74) is 0.584. The second kappa shape index (κ2) is 5.53. The Morgan fingerprint density at radius 1 is 1.44 bits per heavy atom. The summed E-state index contributed by atoms with van der Waals surface area (Å²) in [7, 11) is 0. The van der Waals surface area contributed by atoms with E-state index >= 15 is 0 Å². The van der Waals surface area contributed by atoms with Crippen molar-refractivity contribution in [3.63, 3.8) is 0 Å². The van der Waals surface area contributed by atoms with Crippen molar-refractivity contribution < 1.29 is 4.39 Å². The molecule has 0 fully saturated rings. The van der Waals surface area contributed by atoms with E-state index in [1.165, 1.54) is 16.8 Å². The lowest BCUT2D eigenvalue weighted by Gasteiger charge is -2.09. The molecular weight excluding hydrogens is 301 g/mol. The van der Waals surface area contributed by atoms with Gasteiger partial charge in [-0.1, -0.05) is 13.8 Å². The maximum absolute atomic E-state index is 13.3. The third kappa shape index (κ3) is 2.91. The van der Waals surface area contributed by atoms with Crippen molar-refractivity contribution in [3.8, 4) is 5.69 Å². The first-order chi connectivity index (χ1) is 8.58. The lowest BCUT2D eigenvalue weighted by Crippen LogP contribution is -2.24. The molecule has 0 atom stereocenters. The first-order valence-electron chi connectivity index (χ1n) is 5.54. The second-order valence-corrected chi connectivity index (χ2v) is 4.99. The van der Waals surface area contributed by atoms with Gasteiger partial charge >= 0.3 is 0 Å². The van der Waals surface area contributed by atoms with Gasteiger partial charge in [0.05, 0.1) is 12.2 Å². The molecule has 2 aromatic rings. The van der Waals surface area contributed by atoms with E-state index in [1.807, 2.05) is 13.8 Å². The molecule has 0 unspecified atom stereocenters. The maximum atomic E-state index is 13.3. The molecule has 18 heavy (non-hydrogen) atoms. The van der Waals surface area contributed by atoms with Gasteiger partial charge in [0.2, 0.25) is 0 Å². The highest BCUT2D eigenvalue weighted by atomic mass is 79.9. The Balaban J connectivity index is 2.33. The van der Waals surface area contributed by atoms with Crippen molar-refractivity contribution >= 4 is 15.9 Å². The number of nitrogens with one attached hydrogen (secondary N) is 1. The fourth-order valence-electron chi connectivity index (χ4n) is 1.45. The first-order valence-corrected chi connectivity index (χ1v) is 6.33. The highest BCUT2D eigenvalue weighted by Crippen LogP contribution is 2.21. The molecule has 1 N–H and O–H groups in total. The Labute approximate surface area is 113 Å². The predicted octanol–water partition coefficient (Wildman–Crippen LogP) is 2.06. The Kier molecular flexibility index (Phi) is 4.03. The molecule has 2 rings (SSSR count). The molecular formula is C11H13BrFN5. The Hall–Kier alpha value is -1.34. The quantitative estimate of drug-likeness (QED) is 0.938. The summed E-state index contributed by atoms with van der Waals surface area (Å²) < 4.78 is 15.5. The van der Waals surface area contributed by atoms with Crippen molar-refractivity contribution in [1.29, 1.82) is 0 Å². The Morgan fingerprint density at radius 3 is 2.94 bits per heavy atom. The van der Waals surface area contributed by atoms with Crippen LogP contribution in [-0.4, -0.2) is 26.2 Å². The van der Waals surface area contributed by atoms with Crippen LogP contribution in [0.4, 0.5) is 4.39 Å². The molecule has 0 aliphatic heterocycles. The van der Waals surface area contributed by atoms with Gasteiger partial charge < -0.3 is 5.32 Å². The summed E-state index contributed by atoms with van der Waals surface area (Å²) in [6.07, 6.45) is 0. The van der Waals surface area contributed by atoms with Gasteiger partial charge in [0.25, 0.3) is 0 Å². The van der Waals surface area contributed by atoms with Crippen LogP contribution < -0.4 is 5.32 Å². The summed E-state index contributed by atoms with van der Waals surface area (Å²) in [4.78, 5) is 0. The first kappa shape index (κ1) is 13.1. The van der Waals surface area contributed by atoms with Gasteiger partial charge in [-0.05, 0) is 38.5 Å². The zero-order valence-corrected chi connectivity index (χ0v) is 11.6. The standard InChI is InChI=1S/C11H13BrFN5/c1-7(2)14-6-11-15-16-17-18(11)10-5-8(13)3-4-9(10)12/h3-5,7,14H,6H2,1-2H3. The van der Waals surface area contributed by atoms with Gasteiger partial charge in [0.15, 0.2) is 5.82 Å². The lowest BCUT2D eigenvalue weighted by molar-refractivity contribution is 0.562. The van der Waals surface area contributed by atoms with E-state index in [4.69, 9.17) is 0 Å². The fraction of sp³-hybridized carbons (Fsp3) is 0.364. The van der Waals surface area contributed by atoms with Crippen LogP contribution in [0.1, 0.15) is 19.7 Å². The molecule has 0 saturated carbocycles. The van der Waals surface area contributed by atoms with Crippen molar-refractivity contribution in [2.24, 2.45) is 0 Å². The zero-order chi connectivity index (χ0) is 13.1. The van der Waals surface area contributed by atoms with Crippen molar-refractivity contribution in [3.05, 3.63) is 34.3 Å². The van der Waals surface area contributed by atoms with Gasteiger partial charge in [-0.3, -0.25) is 0 Å². The van der Waals surface area contributed by atoms with Crippen LogP contribution in [0.2, 0.25) is 0 Å². The molecule has 0 spiro atoms. The molecule has 7 heteroatoms. The molecule has 1 aromatic carbocycles. The Bertz CT molecular complexity index is 540. The van der Waals surface area contributed by atoms with Crippen LogP contribution in [0.15, 0.2) is 22.7 Å². The van der Waals surface area contributed by atoms with Gasteiger partial charge in [-0.25, -0.2) is 4.39 Å². The molecule has 0 amide bonds. The maximum Gasteiger partial charge on any atom is 0.170 e. The highest BCUT2D eigenvalue weighted by Gasteiger charge is 2.12. The van der Waals surface area contributed by atoms with E-state index in [0.29, 0.717) is 24.1 Å². The minimum absolute atomic E-state index is 0.325. The average molecular weight is 314 g/mol. The number of halogens is 2. The van der Waals surface area contributed by atoms with Crippen molar-refractivity contribution in [2.75, 3.05) is 0 Å². The van der Waals surface area contributed by atoms with Crippen LogP contribution in [0, 0.1) is 5.82 Å². The molecule has 0 radical (unpaired) electrons. The summed E-state index contributed by atoms with van der Waals surface area (Å²) in [6, 6.07) is 4.72. The number of hydrogen-bond donors (Lipinski definition) is 1. The van der Waals surface area contributed by atoms with Crippen LogP contribution in [0.25, 0.3) is 5.69 Å². The fourth-order valence-corrected chi connectivity index (χ4v) is 1.86. The molecule has 0 bridgehead atoms. The van der Waals surface area contributed by atoms with E-state index in [-0.39, 0.29) is 5.82 Å². The third-order valence-corrected chi connectivity index (χ3v) is 3.01. The van der Waals surface area contributed by atoms with E-state index in [0.717, 1.165) is 4.47 Å². The monoisotopic (exact) mass is 313 g/mol. The molecule has 0 aliphatic carbocycles. The van der Waals surface area contributed by atoms with Crippen molar-refractivity contribution in [1.82, 2.24) is 25.5 Å². The SMILES string of the molecule is CC(C)NCc1nnnn1-c1cc(F)ccc1Br. The molecule has 5 nitrogen and oxygen atoms in total. The number of rotatable bonds is 4. The normalized spacial score (nSPS) is 11.2. The van der Waals surface area contributed by atoms with Crippen LogP contribution in [-0.2, 0) is 6.54 Å². The average Bonchev–Trinajstić information content (AvgIpc) is 2.77. The Morgan fingerprint density at radius 2 is 2.22 bits per heavy atom. The minimum Gasteiger partial charge on any atom is -0.308 e. The van der Waals surface area contributed by atoms with E-state index < -0.39 is 0 Å². The number of tetrazole rings is 1. The number of benzene rings is 1. The van der Waals surface area contributed by atoms with Crippen molar-refractivity contribution in [2.45, 2.75) is 26.4 Å². The van der Waals surface area contributed by atoms with Crippen LogP contribution in [0.5, 0.6) is 0 Å². The largest absolute Gasteiger partial charge is 0.308 e. The van der Waals surface area contributed by atoms with Gasteiger partial charge in [0, 0.05) is 16.6 Å². The number of nitrogens with zero attached hydrogens (tertiary/aromatic N) is 4. The molecule has 96 valence electrons. The second-order valence-electron chi connectivity index (χ2n) is 4.14. The number of aromatic nitrogens is 4. The smallest absolute Gasteiger partial charge is 0.170 e. The molecule has 1 aromatic heterocycles.